The van der Waals surface area contributed by atoms with Crippen molar-refractivity contribution in [1.29, 1.82) is 0 Å². The first-order valence-electron chi connectivity index (χ1n) is 19.1. The Kier molecular flexibility index (Phi) is 25.3. The highest BCUT2D eigenvalue weighted by Gasteiger charge is 2.35. The third kappa shape index (κ3) is 14.2. The summed E-state index contributed by atoms with van der Waals surface area (Å²) in [6.07, 6.45) is 23.1. The van der Waals surface area contributed by atoms with Crippen molar-refractivity contribution in [3.8, 4) is 12.8 Å². The molecule has 0 amide bonds. The molecule has 302 valence electrons. The predicted molar refractivity (Wildman–Crippen MR) is 252 cm³/mol. The Bertz CT molecular complexity index is 1790. The van der Waals surface area contributed by atoms with Gasteiger partial charge in [0.2, 0.25) is 0 Å². The van der Waals surface area contributed by atoms with Crippen molar-refractivity contribution < 1.29 is 0 Å². The van der Waals surface area contributed by atoms with Crippen LogP contribution in [0.25, 0.3) is 0 Å². The predicted octanol–water partition coefficient (Wildman–Crippen LogP) is 12.5. The first-order chi connectivity index (χ1) is 26.3. The summed E-state index contributed by atoms with van der Waals surface area (Å²) in [4.78, 5) is 7.15. The molecule has 0 saturated heterocycles. The number of rotatable bonds is 13. The van der Waals surface area contributed by atoms with E-state index in [0.29, 0.717) is 6.54 Å². The summed E-state index contributed by atoms with van der Waals surface area (Å²) >= 11 is 0. The monoisotopic (exact) mass is 756 g/mol. The second kappa shape index (κ2) is 27.0. The number of allylic oxidation sites excluding steroid dienone is 7. The number of nitrogens with zero attached hydrogens (tertiary/aromatic N) is 2. The van der Waals surface area contributed by atoms with Crippen LogP contribution in [-0.2, 0) is 13.1 Å². The van der Waals surface area contributed by atoms with E-state index in [9.17, 15) is 0 Å². The molecule has 0 fully saturated rings. The standard InChI is InChI=1S/C41H49N5.C3H8.C2H6.C2H4.C2H2.CH4/c1-12-27(4)29(6)36-18-19-38(35(13-2)24-36)44-32(9)41(10)21-20-37(45-40(14-3)46(41)11)31(8)42-25-33-16-15-17-34(23-33)26-43-39-22-28(5)30(39)7;1-3-2;3*1-2;/h12-17,20-23,38,42-44H,1-2,5,7-9,18-19,25-26H2,3-4,6,10-11H3;3H2,1-2H3;1-2H3;1-2H2;1-2H;1H4/b29-27+,40-14-;;;;;. The smallest absolute Gasteiger partial charge is 0.125 e. The van der Waals surface area contributed by atoms with Gasteiger partial charge in [-0.25, -0.2) is 4.99 Å². The SMILES string of the molecule is C.C#C.C=C.C=CC1=C=C(/C(C)=C(\C)C=C)CCC1NC(=C)C1(C)C=CC(C(=C)NCc2cccc(CNC3=CC(=C)C3=C)c2)=N/C(=C/C)N1C.CC.CCC. The van der Waals surface area contributed by atoms with Gasteiger partial charge in [-0.1, -0.05) is 124 Å². The lowest BCUT2D eigenvalue weighted by Gasteiger charge is -2.41. The molecule has 0 saturated carbocycles. The summed E-state index contributed by atoms with van der Waals surface area (Å²) in [6.45, 7) is 48.9. The van der Waals surface area contributed by atoms with Crippen LogP contribution in [0.5, 0.6) is 0 Å². The van der Waals surface area contributed by atoms with Gasteiger partial charge < -0.3 is 20.9 Å². The van der Waals surface area contributed by atoms with Gasteiger partial charge in [-0.3, -0.25) is 0 Å². The average Bonchev–Trinajstić information content (AvgIpc) is 3.36. The normalized spacial score (nSPS) is 18.9. The molecular formula is C51H73N5. The van der Waals surface area contributed by atoms with Crippen molar-refractivity contribution in [2.75, 3.05) is 7.05 Å². The Hall–Kier alpha value is -5.69. The first kappa shape index (κ1) is 52.4. The molecule has 5 nitrogen and oxygen atoms in total. The van der Waals surface area contributed by atoms with Gasteiger partial charge in [0.25, 0.3) is 0 Å². The topological polar surface area (TPSA) is 51.7 Å². The van der Waals surface area contributed by atoms with Crippen LogP contribution in [0.3, 0.4) is 0 Å². The zero-order valence-electron chi connectivity index (χ0n) is 35.6. The van der Waals surface area contributed by atoms with Crippen LogP contribution in [0.4, 0.5) is 0 Å². The third-order valence-corrected chi connectivity index (χ3v) is 9.30. The van der Waals surface area contributed by atoms with Crippen LogP contribution in [0.1, 0.15) is 93.2 Å². The fraction of sp³-hybridized carbons (Fsp3) is 0.333. The minimum absolute atomic E-state index is 0. The molecule has 0 aromatic heterocycles. The molecule has 1 aromatic rings. The molecule has 1 aliphatic heterocycles. The largest absolute Gasteiger partial charge is 0.380 e. The van der Waals surface area contributed by atoms with Crippen LogP contribution in [0, 0.1) is 12.8 Å². The van der Waals surface area contributed by atoms with Crippen molar-refractivity contribution in [2.24, 2.45) is 4.99 Å². The van der Waals surface area contributed by atoms with E-state index in [1.165, 1.54) is 28.7 Å². The van der Waals surface area contributed by atoms with Gasteiger partial charge in [0.05, 0.1) is 23.0 Å². The lowest BCUT2D eigenvalue weighted by Crippen LogP contribution is -2.48. The zero-order chi connectivity index (χ0) is 42.3. The number of hydrogen-bond acceptors (Lipinski definition) is 5. The fourth-order valence-corrected chi connectivity index (χ4v) is 5.64. The molecule has 0 bridgehead atoms. The van der Waals surface area contributed by atoms with Crippen molar-refractivity contribution in [3.63, 3.8) is 0 Å². The summed E-state index contributed by atoms with van der Waals surface area (Å²) in [7, 11) is 2.05. The highest BCUT2D eigenvalue weighted by Crippen LogP contribution is 2.33. The molecule has 1 aromatic carbocycles. The Morgan fingerprint density at radius 3 is 2.18 bits per heavy atom. The van der Waals surface area contributed by atoms with Gasteiger partial charge in [-0.05, 0) is 97.8 Å². The van der Waals surface area contributed by atoms with Gasteiger partial charge in [0.15, 0.2) is 0 Å². The summed E-state index contributed by atoms with van der Waals surface area (Å²) in [5.41, 5.74) is 15.5. The molecule has 2 unspecified atom stereocenters. The number of terminal acetylenes is 1. The Morgan fingerprint density at radius 1 is 1.07 bits per heavy atom. The summed E-state index contributed by atoms with van der Waals surface area (Å²) in [5, 5.41) is 10.6. The maximum Gasteiger partial charge on any atom is 0.125 e. The molecule has 4 rings (SSSR count). The molecular weight excluding hydrogens is 683 g/mol. The number of hydrogen-bond donors (Lipinski definition) is 3. The summed E-state index contributed by atoms with van der Waals surface area (Å²) < 4.78 is 0. The minimum atomic E-state index is -0.548. The molecule has 2 atom stereocenters. The highest BCUT2D eigenvalue weighted by molar-refractivity contribution is 6.08. The summed E-state index contributed by atoms with van der Waals surface area (Å²) in [6, 6.07) is 8.57. The maximum atomic E-state index is 5.00. The molecule has 0 spiro atoms. The van der Waals surface area contributed by atoms with Crippen molar-refractivity contribution in [3.05, 3.63) is 187 Å². The van der Waals surface area contributed by atoms with E-state index < -0.39 is 5.54 Å². The second-order valence-corrected chi connectivity index (χ2v) is 12.9. The van der Waals surface area contributed by atoms with Crippen LogP contribution in [-0.4, -0.2) is 29.2 Å². The molecule has 2 aliphatic carbocycles. The van der Waals surface area contributed by atoms with Gasteiger partial charge in [-0.15, -0.1) is 31.7 Å². The van der Waals surface area contributed by atoms with Gasteiger partial charge in [-0.2, -0.15) is 0 Å². The number of nitrogens with one attached hydrogen (secondary N) is 3. The van der Waals surface area contributed by atoms with Gasteiger partial charge in [0.1, 0.15) is 5.82 Å². The van der Waals surface area contributed by atoms with Gasteiger partial charge >= 0.3 is 0 Å². The zero-order valence-corrected chi connectivity index (χ0v) is 35.6. The maximum absolute atomic E-state index is 5.00. The molecule has 3 aliphatic rings. The van der Waals surface area contributed by atoms with Crippen molar-refractivity contribution in [1.82, 2.24) is 20.9 Å². The number of benzene rings is 1. The van der Waals surface area contributed by atoms with Crippen molar-refractivity contribution >= 4 is 5.71 Å². The number of likely N-dealkylation sites (N-methyl/N-ethyl adjacent to an activating group) is 1. The van der Waals surface area contributed by atoms with E-state index in [1.54, 1.807) is 0 Å². The van der Waals surface area contributed by atoms with Crippen LogP contribution >= 0.6 is 0 Å². The molecule has 3 N–H and O–H groups in total. The van der Waals surface area contributed by atoms with E-state index in [0.717, 1.165) is 70.3 Å². The Labute approximate surface area is 343 Å². The Morgan fingerprint density at radius 2 is 1.66 bits per heavy atom. The molecule has 1 heterocycles. The lowest BCUT2D eigenvalue weighted by molar-refractivity contribution is 0.263. The number of aliphatic imine (C=N–C) groups is 1. The van der Waals surface area contributed by atoms with Crippen molar-refractivity contribution in [2.45, 2.75) is 107 Å². The van der Waals surface area contributed by atoms with Crippen LogP contribution in [0.15, 0.2) is 180 Å². The van der Waals surface area contributed by atoms with E-state index in [-0.39, 0.29) is 13.5 Å². The molecule has 5 heteroatoms. The quantitative estimate of drug-likeness (QED) is 0.0812. The van der Waals surface area contributed by atoms with Gasteiger partial charge in [0, 0.05) is 37.1 Å². The molecule has 0 radical (unpaired) electrons. The highest BCUT2D eigenvalue weighted by atomic mass is 15.3. The first-order valence-corrected chi connectivity index (χ1v) is 19.1. The van der Waals surface area contributed by atoms with Crippen LogP contribution in [0.2, 0.25) is 0 Å². The second-order valence-electron chi connectivity index (χ2n) is 12.9. The average molecular weight is 756 g/mol. The Balaban J connectivity index is 0. The third-order valence-electron chi connectivity index (χ3n) is 9.30. The fourth-order valence-electron chi connectivity index (χ4n) is 5.64. The molecule has 56 heavy (non-hydrogen) atoms. The van der Waals surface area contributed by atoms with E-state index in [1.807, 2.05) is 51.2 Å². The summed E-state index contributed by atoms with van der Waals surface area (Å²) in [5.74, 6) is 0.835. The van der Waals surface area contributed by atoms with Crippen LogP contribution < -0.4 is 16.0 Å². The minimum Gasteiger partial charge on any atom is -0.380 e. The van der Waals surface area contributed by atoms with E-state index in [2.05, 4.69) is 164 Å². The van der Waals surface area contributed by atoms with E-state index in [4.69, 9.17) is 4.99 Å². The lowest BCUT2D eigenvalue weighted by atomic mass is 9.87. The van der Waals surface area contributed by atoms with E-state index >= 15 is 0 Å².